The molecule has 0 heterocycles. The van der Waals surface area contributed by atoms with Gasteiger partial charge in [0, 0.05) is 11.6 Å². The van der Waals surface area contributed by atoms with Crippen LogP contribution in [0.5, 0.6) is 5.75 Å². The number of fused-ring (bicyclic) bond motifs is 1. The molecule has 0 saturated heterocycles. The zero-order valence-electron chi connectivity index (χ0n) is 12.0. The Morgan fingerprint density at radius 1 is 1.05 bits per heavy atom. The van der Waals surface area contributed by atoms with Gasteiger partial charge in [-0.25, -0.2) is 4.39 Å². The molecule has 2 aromatic rings. The van der Waals surface area contributed by atoms with Crippen LogP contribution in [0.3, 0.4) is 0 Å². The molecule has 110 valence electrons. The molecule has 1 nitrogen and oxygen atoms in total. The van der Waals surface area contributed by atoms with Crippen LogP contribution in [0.4, 0.5) is 4.39 Å². The molecule has 0 aromatic heterocycles. The molecule has 3 rings (SSSR count). The van der Waals surface area contributed by atoms with Crippen LogP contribution in [-0.2, 0) is 12.8 Å². The molecular formula is C18H18ClFO. The quantitative estimate of drug-likeness (QED) is 0.722. The van der Waals surface area contributed by atoms with Crippen molar-refractivity contribution >= 4 is 11.6 Å². The molecule has 0 radical (unpaired) electrons. The number of benzene rings is 2. The Hall–Kier alpha value is -1.54. The monoisotopic (exact) mass is 304 g/mol. The number of halogens is 2. The molecule has 0 N–H and O–H groups in total. The number of hydrogen-bond acceptors (Lipinski definition) is 1. The summed E-state index contributed by atoms with van der Waals surface area (Å²) in [5.74, 6) is 0.178. The maximum absolute atomic E-state index is 14.1. The number of rotatable bonds is 3. The Balaban J connectivity index is 1.93. The molecule has 1 aliphatic carbocycles. The van der Waals surface area contributed by atoms with E-state index in [-0.39, 0.29) is 5.82 Å². The van der Waals surface area contributed by atoms with E-state index >= 15 is 0 Å². The van der Waals surface area contributed by atoms with Crippen molar-refractivity contribution in [1.82, 2.24) is 0 Å². The van der Waals surface area contributed by atoms with Gasteiger partial charge in [0.25, 0.3) is 0 Å². The normalized spacial score (nSPS) is 15.4. The van der Waals surface area contributed by atoms with Gasteiger partial charge in [-0.3, -0.25) is 0 Å². The summed E-state index contributed by atoms with van der Waals surface area (Å²) in [6.45, 7) is 0. The van der Waals surface area contributed by atoms with Crippen LogP contribution < -0.4 is 4.74 Å². The van der Waals surface area contributed by atoms with Crippen molar-refractivity contribution in [3.63, 3.8) is 0 Å². The van der Waals surface area contributed by atoms with Crippen molar-refractivity contribution in [2.75, 3.05) is 7.11 Å². The maximum Gasteiger partial charge on any atom is 0.131 e. The molecule has 0 aliphatic heterocycles. The lowest BCUT2D eigenvalue weighted by molar-refractivity contribution is 0.410. The summed E-state index contributed by atoms with van der Waals surface area (Å²) in [5, 5.41) is -0.469. The minimum absolute atomic E-state index is 0.327. The average molecular weight is 305 g/mol. The molecule has 1 aliphatic rings. The number of alkyl halides is 1. The van der Waals surface area contributed by atoms with Crippen molar-refractivity contribution in [2.24, 2.45) is 0 Å². The second-order valence-corrected chi connectivity index (χ2v) is 5.92. The fraction of sp³-hybridized carbons (Fsp3) is 0.333. The largest absolute Gasteiger partial charge is 0.497 e. The topological polar surface area (TPSA) is 9.23 Å². The Morgan fingerprint density at radius 3 is 2.52 bits per heavy atom. The van der Waals surface area contributed by atoms with Crippen LogP contribution in [0, 0.1) is 5.82 Å². The summed E-state index contributed by atoms with van der Waals surface area (Å²) in [4.78, 5) is 0. The first-order valence-corrected chi connectivity index (χ1v) is 7.72. The van der Waals surface area contributed by atoms with E-state index in [9.17, 15) is 4.39 Å². The van der Waals surface area contributed by atoms with Crippen molar-refractivity contribution in [1.29, 1.82) is 0 Å². The van der Waals surface area contributed by atoms with Gasteiger partial charge in [-0.1, -0.05) is 24.3 Å². The SMILES string of the molecule is COc1ccc(C(Cl)c2ccc3c(c2)CCCC3)c(F)c1. The van der Waals surface area contributed by atoms with Crippen LogP contribution in [0.1, 0.15) is 40.5 Å². The van der Waals surface area contributed by atoms with Gasteiger partial charge in [-0.05, 0) is 48.4 Å². The van der Waals surface area contributed by atoms with Gasteiger partial charge in [-0.2, -0.15) is 0 Å². The molecule has 1 unspecified atom stereocenters. The molecule has 2 aromatic carbocycles. The molecule has 0 amide bonds. The van der Waals surface area contributed by atoms with Crippen LogP contribution >= 0.6 is 11.6 Å². The van der Waals surface area contributed by atoms with Gasteiger partial charge < -0.3 is 4.74 Å². The fourth-order valence-corrected chi connectivity index (χ4v) is 3.24. The lowest BCUT2D eigenvalue weighted by Crippen LogP contribution is -2.05. The molecule has 3 heteroatoms. The van der Waals surface area contributed by atoms with Crippen LogP contribution in [-0.4, -0.2) is 7.11 Å². The summed E-state index contributed by atoms with van der Waals surface area (Å²) >= 11 is 6.49. The fourth-order valence-electron chi connectivity index (χ4n) is 2.93. The van der Waals surface area contributed by atoms with E-state index in [4.69, 9.17) is 16.3 Å². The Labute approximate surface area is 129 Å². The first-order chi connectivity index (χ1) is 10.2. The summed E-state index contributed by atoms with van der Waals surface area (Å²) < 4.78 is 19.2. The summed E-state index contributed by atoms with van der Waals surface area (Å²) in [5.41, 5.74) is 4.22. The third-order valence-electron chi connectivity index (χ3n) is 4.15. The minimum atomic E-state index is -0.469. The van der Waals surface area contributed by atoms with Gasteiger partial charge in [0.15, 0.2) is 0 Å². The van der Waals surface area contributed by atoms with Crippen molar-refractivity contribution < 1.29 is 9.13 Å². The van der Waals surface area contributed by atoms with Crippen molar-refractivity contribution in [3.05, 3.63) is 64.5 Å². The van der Waals surface area contributed by atoms with Gasteiger partial charge in [0.05, 0.1) is 12.5 Å². The zero-order chi connectivity index (χ0) is 14.8. The number of aryl methyl sites for hydroxylation is 2. The Bertz CT molecular complexity index is 654. The minimum Gasteiger partial charge on any atom is -0.497 e. The van der Waals surface area contributed by atoms with E-state index in [1.54, 1.807) is 12.1 Å². The maximum atomic E-state index is 14.1. The van der Waals surface area contributed by atoms with Crippen molar-refractivity contribution in [3.8, 4) is 5.75 Å². The van der Waals surface area contributed by atoms with Gasteiger partial charge in [-0.15, -0.1) is 11.6 Å². The zero-order valence-corrected chi connectivity index (χ0v) is 12.8. The lowest BCUT2D eigenvalue weighted by atomic mass is 9.89. The van der Waals surface area contributed by atoms with Gasteiger partial charge in [0.2, 0.25) is 0 Å². The smallest absolute Gasteiger partial charge is 0.131 e. The number of methoxy groups -OCH3 is 1. The van der Waals surface area contributed by atoms with Gasteiger partial charge >= 0.3 is 0 Å². The van der Waals surface area contributed by atoms with Crippen LogP contribution in [0.2, 0.25) is 0 Å². The molecular weight excluding hydrogens is 287 g/mol. The molecule has 21 heavy (non-hydrogen) atoms. The second-order valence-electron chi connectivity index (χ2n) is 5.49. The summed E-state index contributed by atoms with van der Waals surface area (Å²) in [6.07, 6.45) is 4.71. The predicted molar refractivity (Wildman–Crippen MR) is 83.7 cm³/mol. The molecule has 0 fully saturated rings. The third kappa shape index (κ3) is 2.91. The average Bonchev–Trinajstić information content (AvgIpc) is 2.53. The standard InChI is InChI=1S/C18H18ClFO/c1-21-15-8-9-16(17(20)11-15)18(19)14-7-6-12-4-2-3-5-13(12)10-14/h6-11,18H,2-5H2,1H3. The van der Waals surface area contributed by atoms with E-state index in [2.05, 4.69) is 12.1 Å². The summed E-state index contributed by atoms with van der Waals surface area (Å²) in [6, 6.07) is 11.1. The highest BCUT2D eigenvalue weighted by molar-refractivity contribution is 6.22. The Kier molecular flexibility index (Phi) is 4.16. The lowest BCUT2D eigenvalue weighted by Gasteiger charge is -2.19. The van der Waals surface area contributed by atoms with Crippen LogP contribution in [0.25, 0.3) is 0 Å². The molecule has 0 saturated carbocycles. The van der Waals surface area contributed by atoms with E-state index in [0.29, 0.717) is 11.3 Å². The van der Waals surface area contributed by atoms with E-state index in [1.165, 1.54) is 37.1 Å². The van der Waals surface area contributed by atoms with E-state index < -0.39 is 5.38 Å². The predicted octanol–water partition coefficient (Wildman–Crippen LogP) is 5.04. The van der Waals surface area contributed by atoms with Gasteiger partial charge in [0.1, 0.15) is 11.6 Å². The number of hydrogen-bond donors (Lipinski definition) is 0. The first kappa shape index (κ1) is 14.4. The summed E-state index contributed by atoms with van der Waals surface area (Å²) in [7, 11) is 1.52. The highest BCUT2D eigenvalue weighted by Gasteiger charge is 2.18. The third-order valence-corrected chi connectivity index (χ3v) is 4.63. The van der Waals surface area contributed by atoms with Crippen molar-refractivity contribution in [2.45, 2.75) is 31.1 Å². The van der Waals surface area contributed by atoms with Crippen LogP contribution in [0.15, 0.2) is 36.4 Å². The second kappa shape index (κ2) is 6.07. The molecule has 1 atom stereocenters. The van der Waals surface area contributed by atoms with E-state index in [1.807, 2.05) is 6.07 Å². The number of ether oxygens (including phenoxy) is 1. The van der Waals surface area contributed by atoms with E-state index in [0.717, 1.165) is 18.4 Å². The molecule has 0 bridgehead atoms. The molecule has 0 spiro atoms. The highest BCUT2D eigenvalue weighted by atomic mass is 35.5. The first-order valence-electron chi connectivity index (χ1n) is 7.28. The Morgan fingerprint density at radius 2 is 1.81 bits per heavy atom. The highest BCUT2D eigenvalue weighted by Crippen LogP contribution is 2.34.